The molecule has 2 rings (SSSR count). The van der Waals surface area contributed by atoms with Gasteiger partial charge in [0.25, 0.3) is 10.0 Å². The summed E-state index contributed by atoms with van der Waals surface area (Å²) < 4.78 is 53.4. The number of halogens is 1. The van der Waals surface area contributed by atoms with E-state index in [1.165, 1.54) is 25.9 Å². The molecule has 0 bridgehead atoms. The van der Waals surface area contributed by atoms with Crippen molar-refractivity contribution in [3.63, 3.8) is 0 Å². The van der Waals surface area contributed by atoms with Crippen molar-refractivity contribution in [3.8, 4) is 5.75 Å². The van der Waals surface area contributed by atoms with E-state index in [-0.39, 0.29) is 5.75 Å². The molecule has 2 aromatic carbocycles. The molecule has 26 heavy (non-hydrogen) atoms. The Kier molecular flexibility index (Phi) is 8.18. The van der Waals surface area contributed by atoms with Gasteiger partial charge in [0.05, 0.1) is 6.26 Å². The second-order valence-corrected chi connectivity index (χ2v) is 10.1. The fourth-order valence-corrected chi connectivity index (χ4v) is 4.71. The number of esters is 1. The molecule has 0 saturated carbocycles. The standard InChI is InChI=1S/C10H13NO6S2.C6H5I/c1-7-4-5-10(9(6-7)17-8(2)12)19(15,16)11-18(3,13)14;7-6-4-2-1-3-5-6/h4-6,11H,1-3H3;1-5H. The van der Waals surface area contributed by atoms with Gasteiger partial charge in [-0.1, -0.05) is 24.3 Å². The Balaban J connectivity index is 0.000000401. The third-order valence-corrected chi connectivity index (χ3v) is 6.36. The maximum absolute atomic E-state index is 11.9. The van der Waals surface area contributed by atoms with Gasteiger partial charge in [-0.2, -0.15) is 0 Å². The second kappa shape index (κ2) is 9.44. The average molecular weight is 511 g/mol. The maximum atomic E-state index is 11.9. The lowest BCUT2D eigenvalue weighted by Gasteiger charge is -2.10. The molecular formula is C16H18INO6S2. The van der Waals surface area contributed by atoms with Crippen molar-refractivity contribution in [2.45, 2.75) is 18.7 Å². The second-order valence-electron chi connectivity index (χ2n) is 5.20. The van der Waals surface area contributed by atoms with E-state index in [1.54, 1.807) is 6.92 Å². The lowest BCUT2D eigenvalue weighted by molar-refractivity contribution is -0.132. The van der Waals surface area contributed by atoms with Crippen LogP contribution in [0.5, 0.6) is 5.75 Å². The Labute approximate surface area is 167 Å². The fraction of sp³-hybridized carbons (Fsp3) is 0.188. The molecule has 0 amide bonds. The van der Waals surface area contributed by atoms with E-state index in [0.717, 1.165) is 6.92 Å². The van der Waals surface area contributed by atoms with Gasteiger partial charge in [0, 0.05) is 10.5 Å². The number of benzene rings is 2. The first-order valence-corrected chi connectivity index (χ1v) is 11.6. The first kappa shape index (κ1) is 22.5. The molecule has 7 nitrogen and oxygen atoms in total. The Hall–Kier alpha value is -1.50. The fourth-order valence-electron chi connectivity index (χ4n) is 1.73. The average Bonchev–Trinajstić information content (AvgIpc) is 2.45. The molecule has 0 aliphatic heterocycles. The topological polar surface area (TPSA) is 107 Å². The highest BCUT2D eigenvalue weighted by atomic mass is 127. The molecule has 0 aromatic heterocycles. The molecule has 142 valence electrons. The van der Waals surface area contributed by atoms with Crippen molar-refractivity contribution < 1.29 is 26.4 Å². The van der Waals surface area contributed by atoms with Crippen molar-refractivity contribution >= 4 is 48.6 Å². The highest BCUT2D eigenvalue weighted by molar-refractivity contribution is 14.1. The molecule has 0 saturated heterocycles. The number of carbonyl (C=O) groups excluding carboxylic acids is 1. The van der Waals surface area contributed by atoms with Gasteiger partial charge in [0.2, 0.25) is 10.0 Å². The van der Waals surface area contributed by atoms with Crippen molar-refractivity contribution in [1.29, 1.82) is 0 Å². The van der Waals surface area contributed by atoms with Crippen LogP contribution in [0.4, 0.5) is 0 Å². The summed E-state index contributed by atoms with van der Waals surface area (Å²) in [4.78, 5) is 10.5. The molecule has 0 radical (unpaired) electrons. The van der Waals surface area contributed by atoms with Gasteiger partial charge >= 0.3 is 5.97 Å². The summed E-state index contributed by atoms with van der Waals surface area (Å²) in [7, 11) is -8.29. The molecule has 0 unspecified atom stereocenters. The normalized spacial score (nSPS) is 11.2. The van der Waals surface area contributed by atoms with E-state index in [1.807, 2.05) is 18.2 Å². The summed E-state index contributed by atoms with van der Waals surface area (Å²) in [6, 6.07) is 14.2. The Morgan fingerprint density at radius 1 is 1.04 bits per heavy atom. The number of aryl methyl sites for hydroxylation is 1. The monoisotopic (exact) mass is 511 g/mol. The zero-order valence-electron chi connectivity index (χ0n) is 14.3. The molecule has 1 N–H and O–H groups in total. The number of hydrogen-bond acceptors (Lipinski definition) is 6. The van der Waals surface area contributed by atoms with E-state index in [9.17, 15) is 21.6 Å². The zero-order valence-corrected chi connectivity index (χ0v) is 18.1. The van der Waals surface area contributed by atoms with Crippen LogP contribution in [0, 0.1) is 10.5 Å². The van der Waals surface area contributed by atoms with Crippen LogP contribution in [-0.4, -0.2) is 29.1 Å². The lowest BCUT2D eigenvalue weighted by Crippen LogP contribution is -2.30. The van der Waals surface area contributed by atoms with Crippen LogP contribution in [0.2, 0.25) is 0 Å². The lowest BCUT2D eigenvalue weighted by atomic mass is 10.2. The SMILES string of the molecule is CC(=O)Oc1cc(C)ccc1S(=O)(=O)NS(C)(=O)=O.Ic1ccccc1. The summed E-state index contributed by atoms with van der Waals surface area (Å²) in [5.41, 5.74) is 0.662. The van der Waals surface area contributed by atoms with Gasteiger partial charge in [-0.05, 0) is 59.3 Å². The summed E-state index contributed by atoms with van der Waals surface area (Å²) in [6.45, 7) is 2.79. The summed E-state index contributed by atoms with van der Waals surface area (Å²) in [5, 5.41) is 0. The molecule has 0 atom stereocenters. The number of rotatable bonds is 4. The quantitative estimate of drug-likeness (QED) is 0.384. The minimum Gasteiger partial charge on any atom is -0.425 e. The van der Waals surface area contributed by atoms with Gasteiger partial charge in [0.15, 0.2) is 5.75 Å². The molecule has 0 aliphatic rings. The van der Waals surface area contributed by atoms with E-state index in [4.69, 9.17) is 4.74 Å². The van der Waals surface area contributed by atoms with Crippen LogP contribution in [0.25, 0.3) is 0 Å². The Morgan fingerprint density at radius 3 is 2.04 bits per heavy atom. The van der Waals surface area contributed by atoms with Crippen LogP contribution < -0.4 is 8.86 Å². The largest absolute Gasteiger partial charge is 0.425 e. The van der Waals surface area contributed by atoms with E-state index < -0.39 is 30.9 Å². The minimum atomic E-state index is -4.33. The van der Waals surface area contributed by atoms with Crippen molar-refractivity contribution in [1.82, 2.24) is 4.13 Å². The van der Waals surface area contributed by atoms with E-state index in [2.05, 4.69) is 34.7 Å². The minimum absolute atomic E-state index is 0.219. The first-order valence-electron chi connectivity index (χ1n) is 7.14. The third kappa shape index (κ3) is 8.25. The molecule has 0 fully saturated rings. The number of nitrogens with one attached hydrogen (secondary N) is 1. The summed E-state index contributed by atoms with van der Waals surface area (Å²) >= 11 is 2.28. The molecule has 0 spiro atoms. The third-order valence-electron chi connectivity index (χ3n) is 2.64. The van der Waals surface area contributed by atoms with Crippen molar-refractivity contribution in [2.75, 3.05) is 6.26 Å². The van der Waals surface area contributed by atoms with Gasteiger partial charge in [-0.15, -0.1) is 4.13 Å². The van der Waals surface area contributed by atoms with Crippen molar-refractivity contribution in [2.24, 2.45) is 0 Å². The number of carbonyl (C=O) groups is 1. The number of hydrogen-bond donors (Lipinski definition) is 1. The molecule has 0 heterocycles. The van der Waals surface area contributed by atoms with Crippen LogP contribution >= 0.6 is 22.6 Å². The van der Waals surface area contributed by atoms with Crippen LogP contribution in [0.1, 0.15) is 12.5 Å². The zero-order chi connectivity index (χ0) is 20.0. The Morgan fingerprint density at radius 2 is 1.62 bits per heavy atom. The van der Waals surface area contributed by atoms with Crippen LogP contribution in [0.15, 0.2) is 53.4 Å². The van der Waals surface area contributed by atoms with Gasteiger partial charge in [-0.25, -0.2) is 16.8 Å². The molecular weight excluding hydrogens is 493 g/mol. The van der Waals surface area contributed by atoms with E-state index >= 15 is 0 Å². The number of sulfonamides is 2. The predicted octanol–water partition coefficient (Wildman–Crippen LogP) is 2.45. The summed E-state index contributed by atoms with van der Waals surface area (Å²) in [6.07, 6.45) is 0.713. The summed E-state index contributed by atoms with van der Waals surface area (Å²) in [5.74, 6) is -0.926. The maximum Gasteiger partial charge on any atom is 0.308 e. The highest BCUT2D eigenvalue weighted by Crippen LogP contribution is 2.25. The molecule has 2 aromatic rings. The van der Waals surface area contributed by atoms with Gasteiger partial charge in [0.1, 0.15) is 4.90 Å². The Bertz CT molecular complexity index is 973. The van der Waals surface area contributed by atoms with Crippen LogP contribution in [0.3, 0.4) is 0 Å². The smallest absolute Gasteiger partial charge is 0.308 e. The number of ether oxygens (including phenoxy) is 1. The highest BCUT2D eigenvalue weighted by Gasteiger charge is 2.24. The van der Waals surface area contributed by atoms with E-state index in [0.29, 0.717) is 11.8 Å². The predicted molar refractivity (Wildman–Crippen MR) is 107 cm³/mol. The van der Waals surface area contributed by atoms with Gasteiger partial charge in [-0.3, -0.25) is 4.79 Å². The van der Waals surface area contributed by atoms with Crippen molar-refractivity contribution in [3.05, 3.63) is 57.7 Å². The molecule has 10 heteroatoms. The first-order chi connectivity index (χ1) is 11.9. The van der Waals surface area contributed by atoms with Crippen LogP contribution in [-0.2, 0) is 24.8 Å². The van der Waals surface area contributed by atoms with Gasteiger partial charge < -0.3 is 4.74 Å². The molecule has 0 aliphatic carbocycles.